The lowest BCUT2D eigenvalue weighted by Gasteiger charge is -2.35. The van der Waals surface area contributed by atoms with Crippen LogP contribution in [0, 0.1) is 19.8 Å². The quantitative estimate of drug-likeness (QED) is 0.350. The van der Waals surface area contributed by atoms with Gasteiger partial charge in [-0.3, -0.25) is 14.4 Å². The van der Waals surface area contributed by atoms with Crippen molar-refractivity contribution >= 4 is 36.5 Å². The predicted octanol–water partition coefficient (Wildman–Crippen LogP) is 2.69. The molecule has 1 fully saturated rings. The van der Waals surface area contributed by atoms with Gasteiger partial charge in [0.25, 0.3) is 0 Å². The minimum absolute atomic E-state index is 0.0130. The maximum absolute atomic E-state index is 13.8. The van der Waals surface area contributed by atoms with Crippen molar-refractivity contribution in [3.8, 4) is 0 Å². The highest BCUT2D eigenvalue weighted by Crippen LogP contribution is 2.41. The van der Waals surface area contributed by atoms with Crippen molar-refractivity contribution in [3.05, 3.63) is 34.9 Å². The van der Waals surface area contributed by atoms with E-state index in [2.05, 4.69) is 28.0 Å². The van der Waals surface area contributed by atoms with Crippen LogP contribution in [0.5, 0.6) is 0 Å². The summed E-state index contributed by atoms with van der Waals surface area (Å²) >= 11 is 4.29. The number of nitrogens with zero attached hydrogens (tertiary/aromatic N) is 1. The lowest BCUT2D eigenvalue weighted by atomic mass is 9.96. The van der Waals surface area contributed by atoms with Crippen LogP contribution in [0.3, 0.4) is 0 Å². The highest BCUT2D eigenvalue weighted by molar-refractivity contribution is 7.80. The zero-order chi connectivity index (χ0) is 26.5. The molecule has 2 N–H and O–H groups in total. The van der Waals surface area contributed by atoms with Gasteiger partial charge in [-0.1, -0.05) is 30.7 Å². The molecule has 0 heterocycles. The summed E-state index contributed by atoms with van der Waals surface area (Å²) in [7, 11) is 1.23. The predicted molar refractivity (Wildman–Crippen MR) is 135 cm³/mol. The molecule has 0 bridgehead atoms. The van der Waals surface area contributed by atoms with Gasteiger partial charge in [-0.25, -0.2) is 4.79 Å². The molecule has 194 valence electrons. The van der Waals surface area contributed by atoms with E-state index in [1.54, 1.807) is 20.8 Å². The first-order valence-electron chi connectivity index (χ1n) is 11.6. The van der Waals surface area contributed by atoms with E-state index in [1.165, 1.54) is 12.0 Å². The molecular formula is C25H37N3O6S. The van der Waals surface area contributed by atoms with Gasteiger partial charge >= 0.3 is 12.1 Å². The highest BCUT2D eigenvalue weighted by atomic mass is 32.1. The van der Waals surface area contributed by atoms with E-state index in [0.717, 1.165) is 11.1 Å². The zero-order valence-corrected chi connectivity index (χ0v) is 22.4. The molecule has 35 heavy (non-hydrogen) atoms. The van der Waals surface area contributed by atoms with Crippen LogP contribution in [-0.4, -0.2) is 65.9 Å². The Morgan fingerprint density at radius 1 is 1.20 bits per heavy atom. The highest BCUT2D eigenvalue weighted by Gasteiger charge is 2.48. The summed E-state index contributed by atoms with van der Waals surface area (Å²) in [4.78, 5) is 52.9. The standard InChI is InChI=1S/C25H37N3O6S/c1-14-8-9-17(15(2)10-14)21(22(30)26-12-20(29)33-7)28(19-11-16(19)3)23(31)18(13-35)27-24(32)34-25(4,5)6/h8-10,16,18-19,21,35H,11-13H2,1-7H3,(H,26,30)(H,27,32). The van der Waals surface area contributed by atoms with Crippen molar-refractivity contribution in [1.82, 2.24) is 15.5 Å². The number of carbonyl (C=O) groups excluding carboxylic acids is 4. The van der Waals surface area contributed by atoms with E-state index in [1.807, 2.05) is 39.0 Å². The Morgan fingerprint density at radius 2 is 1.83 bits per heavy atom. The van der Waals surface area contributed by atoms with Crippen LogP contribution in [0.25, 0.3) is 0 Å². The second kappa shape index (κ2) is 11.8. The van der Waals surface area contributed by atoms with Gasteiger partial charge in [0.2, 0.25) is 11.8 Å². The van der Waals surface area contributed by atoms with Crippen LogP contribution in [-0.2, 0) is 23.9 Å². The van der Waals surface area contributed by atoms with Gasteiger partial charge in [0.05, 0.1) is 7.11 Å². The summed E-state index contributed by atoms with van der Waals surface area (Å²) in [5.74, 6) is -1.37. The molecule has 1 aliphatic rings. The number of carbonyl (C=O) groups is 4. The summed E-state index contributed by atoms with van der Waals surface area (Å²) in [6.07, 6.45) is -0.0321. The van der Waals surface area contributed by atoms with Gasteiger partial charge in [0.15, 0.2) is 0 Å². The minimum Gasteiger partial charge on any atom is -0.468 e. The molecule has 1 aromatic carbocycles. The second-order valence-corrected chi connectivity index (χ2v) is 10.3. The number of aryl methyl sites for hydroxylation is 2. The van der Waals surface area contributed by atoms with E-state index < -0.39 is 41.6 Å². The lowest BCUT2D eigenvalue weighted by Crippen LogP contribution is -2.55. The normalized spacial score (nSPS) is 18.6. The third kappa shape index (κ3) is 7.88. The van der Waals surface area contributed by atoms with Crippen LogP contribution in [0.1, 0.15) is 56.8 Å². The van der Waals surface area contributed by atoms with Crippen molar-refractivity contribution in [2.45, 2.75) is 71.7 Å². The number of hydrogen-bond acceptors (Lipinski definition) is 7. The maximum Gasteiger partial charge on any atom is 0.408 e. The van der Waals surface area contributed by atoms with Crippen molar-refractivity contribution in [2.75, 3.05) is 19.4 Å². The van der Waals surface area contributed by atoms with Crippen molar-refractivity contribution < 1.29 is 28.7 Å². The Bertz CT molecular complexity index is 961. The van der Waals surface area contributed by atoms with Crippen LogP contribution < -0.4 is 10.6 Å². The number of methoxy groups -OCH3 is 1. The third-order valence-corrected chi connectivity index (χ3v) is 6.10. The molecule has 0 spiro atoms. The molecule has 1 aromatic rings. The Morgan fingerprint density at radius 3 is 2.31 bits per heavy atom. The van der Waals surface area contributed by atoms with Crippen LogP contribution in [0.2, 0.25) is 0 Å². The number of thiol groups is 1. The third-order valence-electron chi connectivity index (χ3n) is 5.73. The molecule has 0 saturated heterocycles. The van der Waals surface area contributed by atoms with E-state index in [4.69, 9.17) is 4.74 Å². The van der Waals surface area contributed by atoms with Gasteiger partial charge in [-0.05, 0) is 58.1 Å². The molecule has 3 amide bonds. The number of alkyl carbamates (subject to hydrolysis) is 1. The molecule has 0 aliphatic heterocycles. The fourth-order valence-electron chi connectivity index (χ4n) is 3.87. The largest absolute Gasteiger partial charge is 0.468 e. The summed E-state index contributed by atoms with van der Waals surface area (Å²) in [6, 6.07) is 3.39. The summed E-state index contributed by atoms with van der Waals surface area (Å²) in [5.41, 5.74) is 1.74. The molecule has 1 aliphatic carbocycles. The molecule has 1 saturated carbocycles. The fraction of sp³-hybridized carbons (Fsp3) is 0.600. The summed E-state index contributed by atoms with van der Waals surface area (Å²) in [5, 5.41) is 5.19. The first kappa shape index (κ1) is 28.5. The topological polar surface area (TPSA) is 114 Å². The van der Waals surface area contributed by atoms with Crippen molar-refractivity contribution in [3.63, 3.8) is 0 Å². The number of hydrogen-bond donors (Lipinski definition) is 3. The van der Waals surface area contributed by atoms with E-state index in [9.17, 15) is 19.2 Å². The molecule has 2 rings (SSSR count). The van der Waals surface area contributed by atoms with Gasteiger partial charge in [0, 0.05) is 11.8 Å². The Hall–Kier alpha value is -2.75. The number of rotatable bonds is 9. The Balaban J connectivity index is 2.46. The fourth-order valence-corrected chi connectivity index (χ4v) is 4.11. The summed E-state index contributed by atoms with van der Waals surface area (Å²) < 4.78 is 9.96. The van der Waals surface area contributed by atoms with Gasteiger partial charge in [-0.15, -0.1) is 0 Å². The number of esters is 1. The molecular weight excluding hydrogens is 470 g/mol. The van der Waals surface area contributed by atoms with Crippen molar-refractivity contribution in [1.29, 1.82) is 0 Å². The monoisotopic (exact) mass is 507 g/mol. The molecule has 9 nitrogen and oxygen atoms in total. The zero-order valence-electron chi connectivity index (χ0n) is 21.5. The first-order valence-corrected chi connectivity index (χ1v) is 12.3. The van der Waals surface area contributed by atoms with E-state index in [0.29, 0.717) is 12.0 Å². The maximum atomic E-state index is 13.8. The van der Waals surface area contributed by atoms with Crippen LogP contribution in [0.15, 0.2) is 18.2 Å². The molecule has 10 heteroatoms. The summed E-state index contributed by atoms with van der Waals surface area (Å²) in [6.45, 7) is 10.7. The molecule has 0 radical (unpaired) electrons. The number of nitrogens with one attached hydrogen (secondary N) is 2. The average molecular weight is 508 g/mol. The van der Waals surface area contributed by atoms with E-state index in [-0.39, 0.29) is 24.3 Å². The number of amides is 3. The van der Waals surface area contributed by atoms with Gasteiger partial charge < -0.3 is 25.0 Å². The second-order valence-electron chi connectivity index (χ2n) is 9.96. The van der Waals surface area contributed by atoms with Crippen LogP contribution in [0.4, 0.5) is 4.79 Å². The van der Waals surface area contributed by atoms with Crippen LogP contribution >= 0.6 is 12.6 Å². The van der Waals surface area contributed by atoms with E-state index >= 15 is 0 Å². The smallest absolute Gasteiger partial charge is 0.408 e. The Labute approximate surface area is 212 Å². The Kier molecular flexibility index (Phi) is 9.60. The van der Waals surface area contributed by atoms with Gasteiger partial charge in [-0.2, -0.15) is 12.6 Å². The van der Waals surface area contributed by atoms with Crippen molar-refractivity contribution in [2.24, 2.45) is 5.92 Å². The molecule has 4 atom stereocenters. The molecule has 4 unspecified atom stereocenters. The molecule has 0 aromatic heterocycles. The number of ether oxygens (including phenoxy) is 2. The first-order chi connectivity index (χ1) is 16.3. The number of benzene rings is 1. The lowest BCUT2D eigenvalue weighted by molar-refractivity contribution is -0.145. The minimum atomic E-state index is -1.01. The average Bonchev–Trinajstić information content (AvgIpc) is 3.48. The van der Waals surface area contributed by atoms with Gasteiger partial charge in [0.1, 0.15) is 24.2 Å². The SMILES string of the molecule is COC(=O)CNC(=O)C(c1ccc(C)cc1C)N(C(=O)C(CS)NC(=O)OC(C)(C)C)C1CC1C.